The molecule has 0 saturated carbocycles. The summed E-state index contributed by atoms with van der Waals surface area (Å²) in [5.41, 5.74) is 0.587. The first-order valence-electron chi connectivity index (χ1n) is 7.42. The first-order valence-corrected chi connectivity index (χ1v) is 7.42. The Kier molecular flexibility index (Phi) is 4.37. The Morgan fingerprint density at radius 1 is 0.958 bits per heavy atom. The normalized spacial score (nSPS) is 19.4. The van der Waals surface area contributed by atoms with Crippen LogP contribution in [0, 0.1) is 0 Å². The van der Waals surface area contributed by atoms with Gasteiger partial charge in [0, 0.05) is 5.69 Å². The molecule has 0 aliphatic carbocycles. The van der Waals surface area contributed by atoms with Gasteiger partial charge in [0.25, 0.3) is 5.91 Å². The molecule has 124 valence electrons. The van der Waals surface area contributed by atoms with Crippen LogP contribution in [-0.2, 0) is 14.3 Å². The zero-order valence-electron chi connectivity index (χ0n) is 13.3. The highest BCUT2D eigenvalue weighted by Gasteiger charge is 2.55. The number of anilines is 1. The third-order valence-electron chi connectivity index (χ3n) is 3.85. The molecule has 0 spiro atoms. The van der Waals surface area contributed by atoms with Crippen LogP contribution < -0.4 is 14.4 Å². The summed E-state index contributed by atoms with van der Waals surface area (Å²) in [6, 6.07) is 15.0. The summed E-state index contributed by atoms with van der Waals surface area (Å²) < 4.78 is 15.6. The van der Waals surface area contributed by atoms with Gasteiger partial charge in [-0.25, -0.2) is 4.79 Å². The number of hydrogen-bond donors (Lipinski definition) is 0. The highest BCUT2D eigenvalue weighted by atomic mass is 16.5. The van der Waals surface area contributed by atoms with Gasteiger partial charge in [-0.2, -0.15) is 0 Å². The van der Waals surface area contributed by atoms with E-state index in [4.69, 9.17) is 14.2 Å². The minimum atomic E-state index is -0.901. The lowest BCUT2D eigenvalue weighted by molar-refractivity contribution is -0.154. The van der Waals surface area contributed by atoms with Crippen LogP contribution in [0.3, 0.4) is 0 Å². The Bertz CT molecular complexity index is 729. The van der Waals surface area contributed by atoms with Gasteiger partial charge >= 0.3 is 5.97 Å². The molecular formula is C18H17NO5. The average molecular weight is 327 g/mol. The van der Waals surface area contributed by atoms with Crippen molar-refractivity contribution in [1.29, 1.82) is 0 Å². The predicted octanol–water partition coefficient (Wildman–Crippen LogP) is 2.03. The molecule has 6 heteroatoms. The highest BCUT2D eigenvalue weighted by Crippen LogP contribution is 2.32. The number of nitrogens with zero attached hydrogens (tertiary/aromatic N) is 1. The maximum atomic E-state index is 12.5. The lowest BCUT2D eigenvalue weighted by Gasteiger charge is -2.44. The van der Waals surface area contributed by atoms with Crippen LogP contribution in [0.2, 0.25) is 0 Å². The van der Waals surface area contributed by atoms with Gasteiger partial charge in [-0.1, -0.05) is 18.2 Å². The molecule has 1 saturated heterocycles. The van der Waals surface area contributed by atoms with E-state index in [9.17, 15) is 9.59 Å². The maximum Gasteiger partial charge on any atom is 0.333 e. The number of rotatable bonds is 5. The van der Waals surface area contributed by atoms with E-state index in [1.54, 1.807) is 55.6 Å². The van der Waals surface area contributed by atoms with Gasteiger partial charge in [-0.15, -0.1) is 0 Å². The Balaban J connectivity index is 1.84. The fourth-order valence-corrected chi connectivity index (χ4v) is 2.60. The van der Waals surface area contributed by atoms with Gasteiger partial charge in [0.1, 0.15) is 11.5 Å². The number of hydrogen-bond acceptors (Lipinski definition) is 5. The first kappa shape index (κ1) is 15.9. The molecule has 0 aromatic heterocycles. The second-order valence-electron chi connectivity index (χ2n) is 5.23. The monoisotopic (exact) mass is 327 g/mol. The molecule has 2 aromatic rings. The molecular weight excluding hydrogens is 310 g/mol. The predicted molar refractivity (Wildman–Crippen MR) is 87.1 cm³/mol. The summed E-state index contributed by atoms with van der Waals surface area (Å²) in [6.07, 6.45) is -0.901. The third kappa shape index (κ3) is 2.78. The quantitative estimate of drug-likeness (QED) is 0.621. The number of benzene rings is 2. The van der Waals surface area contributed by atoms with E-state index in [0.29, 0.717) is 17.2 Å². The van der Waals surface area contributed by atoms with E-state index >= 15 is 0 Å². The summed E-state index contributed by atoms with van der Waals surface area (Å²) in [6.45, 7) is 0. The molecule has 0 unspecified atom stereocenters. The van der Waals surface area contributed by atoms with E-state index in [2.05, 4.69) is 0 Å². The maximum absolute atomic E-state index is 12.5. The lowest BCUT2D eigenvalue weighted by Crippen LogP contribution is -2.70. The molecule has 0 radical (unpaired) electrons. The van der Waals surface area contributed by atoms with Crippen LogP contribution in [-0.4, -0.2) is 38.2 Å². The molecule has 1 aliphatic rings. The molecule has 0 N–H and O–H groups in total. The molecule has 3 rings (SSSR count). The van der Waals surface area contributed by atoms with E-state index in [-0.39, 0.29) is 5.91 Å². The number of carbonyl (C=O) groups excluding carboxylic acids is 2. The first-order chi connectivity index (χ1) is 11.7. The van der Waals surface area contributed by atoms with E-state index in [1.807, 2.05) is 6.07 Å². The standard InChI is InChI=1S/C18H17NO5/c1-22-13-10-8-12(9-11-13)19-15(18(21)23-2)16(17(19)20)24-14-6-4-3-5-7-14/h3-11,15-16H,1-2H3/t15-,16-/m0/s1. The lowest BCUT2D eigenvalue weighted by atomic mass is 9.96. The average Bonchev–Trinajstić information content (AvgIpc) is 2.64. The van der Waals surface area contributed by atoms with Crippen molar-refractivity contribution in [2.45, 2.75) is 12.1 Å². The Morgan fingerprint density at radius 2 is 1.62 bits per heavy atom. The molecule has 1 fully saturated rings. The summed E-state index contributed by atoms with van der Waals surface area (Å²) >= 11 is 0. The number of ether oxygens (including phenoxy) is 3. The van der Waals surface area contributed by atoms with Crippen LogP contribution in [0.25, 0.3) is 0 Å². The smallest absolute Gasteiger partial charge is 0.333 e. The fourth-order valence-electron chi connectivity index (χ4n) is 2.60. The molecule has 24 heavy (non-hydrogen) atoms. The Hall–Kier alpha value is -3.02. The van der Waals surface area contributed by atoms with Crippen molar-refractivity contribution in [3.05, 3.63) is 54.6 Å². The van der Waals surface area contributed by atoms with Crippen LogP contribution in [0.4, 0.5) is 5.69 Å². The van der Waals surface area contributed by atoms with Crippen LogP contribution in [0.5, 0.6) is 11.5 Å². The van der Waals surface area contributed by atoms with E-state index in [1.165, 1.54) is 12.0 Å². The fraction of sp³-hybridized carbons (Fsp3) is 0.222. The summed E-state index contributed by atoms with van der Waals surface area (Å²) in [5, 5.41) is 0. The molecule has 1 aliphatic heterocycles. The summed E-state index contributed by atoms with van der Waals surface area (Å²) in [5.74, 6) is 0.378. The zero-order chi connectivity index (χ0) is 17.1. The van der Waals surface area contributed by atoms with Gasteiger partial charge in [-0.3, -0.25) is 9.69 Å². The van der Waals surface area contributed by atoms with Gasteiger partial charge in [0.2, 0.25) is 6.10 Å². The van der Waals surface area contributed by atoms with E-state index in [0.717, 1.165) is 0 Å². The molecule has 2 aromatic carbocycles. The second kappa shape index (κ2) is 6.62. The van der Waals surface area contributed by atoms with Crippen molar-refractivity contribution in [2.75, 3.05) is 19.1 Å². The number of para-hydroxylation sites is 1. The number of esters is 1. The SMILES string of the molecule is COC(=O)[C@@H]1[C@H](Oc2ccccc2)C(=O)N1c1ccc(OC)cc1. The molecule has 0 bridgehead atoms. The van der Waals surface area contributed by atoms with Crippen molar-refractivity contribution in [1.82, 2.24) is 0 Å². The van der Waals surface area contributed by atoms with Gasteiger partial charge in [0.15, 0.2) is 6.04 Å². The second-order valence-corrected chi connectivity index (χ2v) is 5.23. The highest BCUT2D eigenvalue weighted by molar-refractivity contribution is 6.12. The summed E-state index contributed by atoms with van der Waals surface area (Å²) in [4.78, 5) is 26.0. The number of methoxy groups -OCH3 is 2. The zero-order valence-corrected chi connectivity index (χ0v) is 13.3. The van der Waals surface area contributed by atoms with Gasteiger partial charge < -0.3 is 14.2 Å². The molecule has 1 amide bonds. The summed E-state index contributed by atoms with van der Waals surface area (Å²) in [7, 11) is 2.85. The van der Waals surface area contributed by atoms with Gasteiger partial charge in [0.05, 0.1) is 14.2 Å². The van der Waals surface area contributed by atoms with Crippen molar-refractivity contribution in [2.24, 2.45) is 0 Å². The number of carbonyl (C=O) groups is 2. The van der Waals surface area contributed by atoms with Gasteiger partial charge in [-0.05, 0) is 36.4 Å². The van der Waals surface area contributed by atoms with Crippen LogP contribution >= 0.6 is 0 Å². The Labute approximate surface area is 139 Å². The minimum absolute atomic E-state index is 0.292. The van der Waals surface area contributed by atoms with Crippen molar-refractivity contribution in [3.8, 4) is 11.5 Å². The van der Waals surface area contributed by atoms with Crippen LogP contribution in [0.15, 0.2) is 54.6 Å². The minimum Gasteiger partial charge on any atom is -0.497 e. The van der Waals surface area contributed by atoms with Crippen molar-refractivity contribution >= 4 is 17.6 Å². The third-order valence-corrected chi connectivity index (χ3v) is 3.85. The van der Waals surface area contributed by atoms with Crippen LogP contribution in [0.1, 0.15) is 0 Å². The molecule has 1 heterocycles. The number of amides is 1. The van der Waals surface area contributed by atoms with E-state index < -0.39 is 18.1 Å². The topological polar surface area (TPSA) is 65.1 Å². The Morgan fingerprint density at radius 3 is 2.21 bits per heavy atom. The van der Waals surface area contributed by atoms with Crippen molar-refractivity contribution < 1.29 is 23.8 Å². The molecule has 2 atom stereocenters. The number of β-lactam (4-membered cyclic amide) rings is 1. The largest absolute Gasteiger partial charge is 0.497 e. The molecule has 6 nitrogen and oxygen atoms in total. The van der Waals surface area contributed by atoms with Crippen molar-refractivity contribution in [3.63, 3.8) is 0 Å².